The van der Waals surface area contributed by atoms with Gasteiger partial charge in [-0.1, -0.05) is 48.0 Å². The Balaban J connectivity index is 1.79. The summed E-state index contributed by atoms with van der Waals surface area (Å²) in [6, 6.07) is 16.1. The monoisotopic (exact) mass is 502 g/mol. The minimum Gasteiger partial charge on any atom is -0.463 e. The van der Waals surface area contributed by atoms with Crippen LogP contribution in [0.4, 0.5) is 0 Å². The van der Waals surface area contributed by atoms with Crippen LogP contribution < -0.4 is 5.32 Å². The lowest BCUT2D eigenvalue weighted by Crippen LogP contribution is -2.32. The lowest BCUT2D eigenvalue weighted by Gasteiger charge is -2.30. The first-order valence-corrected chi connectivity index (χ1v) is 12.9. The highest BCUT2D eigenvalue weighted by atomic mass is 32.1. The normalized spacial score (nSPS) is 14.0. The molecular formula is C29H30N2O4S. The van der Waals surface area contributed by atoms with Crippen LogP contribution in [0.5, 0.6) is 0 Å². The molecule has 3 aromatic rings. The van der Waals surface area contributed by atoms with E-state index in [0.29, 0.717) is 22.5 Å². The van der Waals surface area contributed by atoms with Crippen LogP contribution in [-0.4, -0.2) is 30.1 Å². The zero-order valence-electron chi connectivity index (χ0n) is 21.2. The van der Waals surface area contributed by atoms with Crippen molar-refractivity contribution < 1.29 is 19.1 Å². The number of rotatable bonds is 7. The number of aromatic nitrogens is 1. The number of carbonyl (C=O) groups excluding carboxylic acids is 2. The molecule has 0 saturated heterocycles. The maximum Gasteiger partial charge on any atom is 0.336 e. The van der Waals surface area contributed by atoms with Crippen molar-refractivity contribution in [3.63, 3.8) is 0 Å². The van der Waals surface area contributed by atoms with E-state index >= 15 is 0 Å². The van der Waals surface area contributed by atoms with E-state index in [-0.39, 0.29) is 13.2 Å². The third-order valence-corrected chi connectivity index (χ3v) is 6.96. The molecule has 0 saturated carbocycles. The average Bonchev–Trinajstić information content (AvgIpc) is 3.35. The molecule has 1 N–H and O–H groups in total. The predicted molar refractivity (Wildman–Crippen MR) is 142 cm³/mol. The van der Waals surface area contributed by atoms with Gasteiger partial charge in [-0.3, -0.25) is 0 Å². The van der Waals surface area contributed by atoms with Gasteiger partial charge in [0.25, 0.3) is 0 Å². The highest BCUT2D eigenvalue weighted by Gasteiger charge is 2.38. The number of hydrogen-bond donors (Lipinski definition) is 1. The van der Waals surface area contributed by atoms with E-state index in [1.807, 2.05) is 43.5 Å². The van der Waals surface area contributed by atoms with Crippen molar-refractivity contribution in [1.82, 2.24) is 10.3 Å². The number of carbonyl (C=O) groups is 2. The molecule has 0 aliphatic carbocycles. The summed E-state index contributed by atoms with van der Waals surface area (Å²) < 4.78 is 10.8. The summed E-state index contributed by atoms with van der Waals surface area (Å²) in [5, 5.41) is 6.08. The zero-order valence-corrected chi connectivity index (χ0v) is 22.0. The van der Waals surface area contributed by atoms with Gasteiger partial charge in [0.1, 0.15) is 5.01 Å². The summed E-state index contributed by atoms with van der Waals surface area (Å²) in [5.74, 6) is -1.54. The van der Waals surface area contributed by atoms with Crippen LogP contribution in [0.15, 0.2) is 76.5 Å². The van der Waals surface area contributed by atoms with Crippen LogP contribution in [-0.2, 0) is 19.1 Å². The summed E-state index contributed by atoms with van der Waals surface area (Å²) in [6.45, 7) is 9.71. The highest BCUT2D eigenvalue weighted by molar-refractivity contribution is 7.13. The van der Waals surface area contributed by atoms with Gasteiger partial charge in [0.15, 0.2) is 0 Å². The van der Waals surface area contributed by atoms with Gasteiger partial charge in [-0.15, -0.1) is 11.3 Å². The Morgan fingerprint density at radius 2 is 1.50 bits per heavy atom. The molecule has 0 unspecified atom stereocenters. The van der Waals surface area contributed by atoms with E-state index in [9.17, 15) is 9.59 Å². The number of hydrogen-bond acceptors (Lipinski definition) is 7. The minimum atomic E-state index is -0.624. The second kappa shape index (κ2) is 10.9. The number of benzene rings is 2. The van der Waals surface area contributed by atoms with Crippen molar-refractivity contribution in [2.75, 3.05) is 13.2 Å². The molecule has 6 nitrogen and oxygen atoms in total. The van der Waals surface area contributed by atoms with Crippen molar-refractivity contribution in [3.05, 3.63) is 87.6 Å². The summed E-state index contributed by atoms with van der Waals surface area (Å²) in [5.41, 5.74) is 7.00. The summed E-state index contributed by atoms with van der Waals surface area (Å²) >= 11 is 1.56. The Morgan fingerprint density at radius 1 is 0.889 bits per heavy atom. The van der Waals surface area contributed by atoms with E-state index in [0.717, 1.165) is 27.4 Å². The van der Waals surface area contributed by atoms with Gasteiger partial charge in [-0.25, -0.2) is 14.6 Å². The fourth-order valence-electron chi connectivity index (χ4n) is 4.40. The predicted octanol–water partition coefficient (Wildman–Crippen LogP) is 6.15. The summed E-state index contributed by atoms with van der Waals surface area (Å²) in [4.78, 5) is 31.0. The quantitative estimate of drug-likeness (QED) is 0.391. The fraction of sp³-hybridized carbons (Fsp3) is 0.276. The van der Waals surface area contributed by atoms with Crippen molar-refractivity contribution in [1.29, 1.82) is 0 Å². The van der Waals surface area contributed by atoms with Gasteiger partial charge in [0.05, 0.1) is 36.0 Å². The number of allylic oxidation sites excluding steroid dienone is 2. The number of ether oxygens (including phenoxy) is 2. The maximum absolute atomic E-state index is 13.1. The Kier molecular flexibility index (Phi) is 7.70. The third kappa shape index (κ3) is 5.11. The van der Waals surface area contributed by atoms with Crippen molar-refractivity contribution in [3.8, 4) is 21.8 Å². The topological polar surface area (TPSA) is 77.5 Å². The van der Waals surface area contributed by atoms with Gasteiger partial charge >= 0.3 is 11.9 Å². The van der Waals surface area contributed by atoms with Crippen LogP contribution in [0.2, 0.25) is 0 Å². The Hall–Kier alpha value is -3.71. The molecule has 0 fully saturated rings. The number of nitrogens with one attached hydrogen (secondary N) is 1. The van der Waals surface area contributed by atoms with Gasteiger partial charge in [-0.2, -0.15) is 0 Å². The zero-order chi connectivity index (χ0) is 25.8. The summed E-state index contributed by atoms with van der Waals surface area (Å²) in [6.07, 6.45) is 0. The number of thiazole rings is 1. The smallest absolute Gasteiger partial charge is 0.336 e. The van der Waals surface area contributed by atoms with Gasteiger partial charge in [-0.05, 0) is 46.2 Å². The second-order valence-corrected chi connectivity index (χ2v) is 9.46. The van der Waals surface area contributed by atoms with Gasteiger partial charge in [0.2, 0.25) is 0 Å². The van der Waals surface area contributed by atoms with Crippen LogP contribution in [0.25, 0.3) is 21.8 Å². The molecule has 1 aromatic heterocycles. The molecule has 7 heteroatoms. The first-order valence-electron chi connectivity index (χ1n) is 12.0. The standard InChI is InChI=1S/C29H30N2O4S/c1-6-34-28(32)24-18(4)30-19(5)25(29(33)35-7-2)26(24)21-9-8-10-22(15-21)27-31-23(16-36-27)20-13-11-17(3)12-14-20/h8-16,26,30H,6-7H2,1-5H3. The molecule has 0 spiro atoms. The molecule has 2 heterocycles. The first kappa shape index (κ1) is 25.4. The van der Waals surface area contributed by atoms with E-state index < -0.39 is 17.9 Å². The summed E-state index contributed by atoms with van der Waals surface area (Å²) in [7, 11) is 0. The minimum absolute atomic E-state index is 0.237. The van der Waals surface area contributed by atoms with Crippen molar-refractivity contribution in [2.24, 2.45) is 0 Å². The van der Waals surface area contributed by atoms with E-state index in [1.54, 1.807) is 25.2 Å². The lowest BCUT2D eigenvalue weighted by atomic mass is 9.80. The molecule has 186 valence electrons. The first-order chi connectivity index (χ1) is 17.3. The molecule has 2 aromatic carbocycles. The van der Waals surface area contributed by atoms with Crippen LogP contribution in [0, 0.1) is 6.92 Å². The Labute approximate surface area is 215 Å². The van der Waals surface area contributed by atoms with E-state index in [2.05, 4.69) is 36.5 Å². The average molecular weight is 503 g/mol. The fourth-order valence-corrected chi connectivity index (χ4v) is 5.23. The maximum atomic E-state index is 13.1. The largest absolute Gasteiger partial charge is 0.463 e. The van der Waals surface area contributed by atoms with Crippen molar-refractivity contribution in [2.45, 2.75) is 40.5 Å². The van der Waals surface area contributed by atoms with Crippen LogP contribution in [0.3, 0.4) is 0 Å². The third-order valence-electron chi connectivity index (χ3n) is 6.07. The molecule has 1 aliphatic heterocycles. The van der Waals surface area contributed by atoms with Crippen LogP contribution >= 0.6 is 11.3 Å². The van der Waals surface area contributed by atoms with Gasteiger partial charge in [0, 0.05) is 27.9 Å². The SMILES string of the molecule is CCOC(=O)C1=C(C)NC(C)=C(C(=O)OCC)C1c1cccc(-c2nc(-c3ccc(C)cc3)cs2)c1. The Morgan fingerprint density at radius 3 is 2.08 bits per heavy atom. The second-order valence-electron chi connectivity index (χ2n) is 8.61. The number of aryl methyl sites for hydroxylation is 1. The van der Waals surface area contributed by atoms with E-state index in [1.165, 1.54) is 5.56 Å². The number of dihydropyridines is 1. The lowest BCUT2D eigenvalue weighted by molar-refractivity contribution is -0.139. The molecule has 0 atom stereocenters. The van der Waals surface area contributed by atoms with E-state index in [4.69, 9.17) is 14.5 Å². The van der Waals surface area contributed by atoms with Crippen molar-refractivity contribution >= 4 is 23.3 Å². The highest BCUT2D eigenvalue weighted by Crippen LogP contribution is 2.41. The number of esters is 2. The molecule has 0 radical (unpaired) electrons. The van der Waals surface area contributed by atoms with Crippen LogP contribution in [0.1, 0.15) is 44.7 Å². The Bertz CT molecular complexity index is 1310. The molecule has 4 rings (SSSR count). The molecule has 1 aliphatic rings. The molecular weight excluding hydrogens is 472 g/mol. The molecule has 36 heavy (non-hydrogen) atoms. The molecule has 0 bridgehead atoms. The number of nitrogens with zero attached hydrogens (tertiary/aromatic N) is 1. The van der Waals surface area contributed by atoms with Gasteiger partial charge < -0.3 is 14.8 Å². The molecule has 0 amide bonds.